The second kappa shape index (κ2) is 6.17. The van der Waals surface area contributed by atoms with Crippen molar-refractivity contribution in [2.75, 3.05) is 0 Å². The van der Waals surface area contributed by atoms with Crippen LogP contribution in [0.2, 0.25) is 0 Å². The largest absolute Gasteiger partial charge is 0.461 e. The number of para-hydroxylation sites is 1. The Balaban J connectivity index is 1.55. The van der Waals surface area contributed by atoms with Crippen molar-refractivity contribution in [1.82, 2.24) is 0 Å². The van der Waals surface area contributed by atoms with Gasteiger partial charge in [-0.2, -0.15) is 0 Å². The van der Waals surface area contributed by atoms with Gasteiger partial charge >= 0.3 is 0 Å². The topological polar surface area (TPSA) is 22.4 Å². The second-order valence-corrected chi connectivity index (χ2v) is 7.29. The Morgan fingerprint density at radius 2 is 1.63 bits per heavy atom. The molecule has 2 heterocycles. The molecule has 27 heavy (non-hydrogen) atoms. The molecular formula is C25H20O2. The van der Waals surface area contributed by atoms with Crippen LogP contribution in [0.3, 0.4) is 0 Å². The van der Waals surface area contributed by atoms with Crippen LogP contribution in [-0.2, 0) is 6.42 Å². The number of ether oxygens (including phenoxy) is 1. The van der Waals surface area contributed by atoms with E-state index >= 15 is 0 Å². The lowest BCUT2D eigenvalue weighted by molar-refractivity contribution is 0.446. The van der Waals surface area contributed by atoms with E-state index in [1.165, 1.54) is 22.3 Å². The Bertz CT molecular complexity index is 1230. The number of rotatable bonds is 2. The number of hydrogen-bond donors (Lipinski definition) is 0. The molecule has 132 valence electrons. The molecule has 0 saturated carbocycles. The molecule has 1 aromatic heterocycles. The molecule has 0 saturated heterocycles. The molecular weight excluding hydrogens is 332 g/mol. The number of benzene rings is 3. The highest BCUT2D eigenvalue weighted by atomic mass is 16.5. The third-order valence-corrected chi connectivity index (χ3v) is 4.98. The summed E-state index contributed by atoms with van der Waals surface area (Å²) in [6, 6.07) is 21.0. The number of hydrogen-bond acceptors (Lipinski definition) is 2. The molecule has 3 aromatic carbocycles. The summed E-state index contributed by atoms with van der Waals surface area (Å²) in [4.78, 5) is 0. The van der Waals surface area contributed by atoms with Gasteiger partial charge in [0, 0.05) is 22.8 Å². The van der Waals surface area contributed by atoms with Gasteiger partial charge in [0.15, 0.2) is 0 Å². The Morgan fingerprint density at radius 1 is 0.852 bits per heavy atom. The zero-order valence-corrected chi connectivity index (χ0v) is 15.5. The normalized spacial score (nSPS) is 14.5. The van der Waals surface area contributed by atoms with Gasteiger partial charge in [-0.15, -0.1) is 0 Å². The summed E-state index contributed by atoms with van der Waals surface area (Å²) in [7, 11) is 0. The van der Waals surface area contributed by atoms with Crippen molar-refractivity contribution in [3.8, 4) is 16.9 Å². The average molecular weight is 352 g/mol. The van der Waals surface area contributed by atoms with Gasteiger partial charge in [0.2, 0.25) is 0 Å². The fourth-order valence-electron chi connectivity index (χ4n) is 3.62. The van der Waals surface area contributed by atoms with E-state index in [0.29, 0.717) is 0 Å². The molecule has 0 bridgehead atoms. The van der Waals surface area contributed by atoms with Crippen LogP contribution < -0.4 is 4.74 Å². The van der Waals surface area contributed by atoms with Crippen molar-refractivity contribution in [2.45, 2.75) is 20.3 Å². The third-order valence-electron chi connectivity index (χ3n) is 4.98. The summed E-state index contributed by atoms with van der Waals surface area (Å²) in [5.41, 5.74) is 6.76. The molecule has 0 spiro atoms. The van der Waals surface area contributed by atoms with Crippen LogP contribution in [0.4, 0.5) is 0 Å². The summed E-state index contributed by atoms with van der Waals surface area (Å²) < 4.78 is 11.9. The molecule has 0 radical (unpaired) electrons. The van der Waals surface area contributed by atoms with Gasteiger partial charge in [0.05, 0.1) is 0 Å². The van der Waals surface area contributed by atoms with Gasteiger partial charge in [-0.1, -0.05) is 42.0 Å². The Kier molecular flexibility index (Phi) is 3.64. The molecule has 5 rings (SSSR count). The van der Waals surface area contributed by atoms with E-state index in [1.807, 2.05) is 12.1 Å². The maximum absolute atomic E-state index is 5.97. The van der Waals surface area contributed by atoms with E-state index in [0.717, 1.165) is 39.9 Å². The van der Waals surface area contributed by atoms with Gasteiger partial charge in [-0.05, 0) is 61.4 Å². The van der Waals surface area contributed by atoms with E-state index in [9.17, 15) is 0 Å². The van der Waals surface area contributed by atoms with Crippen molar-refractivity contribution in [3.63, 3.8) is 0 Å². The molecule has 1 aliphatic rings. The van der Waals surface area contributed by atoms with Gasteiger partial charge in [-0.25, -0.2) is 0 Å². The van der Waals surface area contributed by atoms with Crippen LogP contribution in [0.5, 0.6) is 5.75 Å². The average Bonchev–Trinajstić information content (AvgIpc) is 3.26. The van der Waals surface area contributed by atoms with E-state index < -0.39 is 0 Å². The molecule has 2 heteroatoms. The molecule has 0 fully saturated rings. The van der Waals surface area contributed by atoms with E-state index in [2.05, 4.69) is 74.5 Å². The molecule has 0 N–H and O–H groups in total. The summed E-state index contributed by atoms with van der Waals surface area (Å²) in [6.45, 7) is 4.18. The molecule has 1 aliphatic heterocycles. The van der Waals surface area contributed by atoms with Gasteiger partial charge in [0.1, 0.15) is 22.7 Å². The van der Waals surface area contributed by atoms with Crippen molar-refractivity contribution in [1.29, 1.82) is 0 Å². The fourth-order valence-corrected chi connectivity index (χ4v) is 3.62. The lowest BCUT2D eigenvalue weighted by Gasteiger charge is -2.04. The highest BCUT2D eigenvalue weighted by molar-refractivity contribution is 6.06. The molecule has 0 atom stereocenters. The first-order chi connectivity index (χ1) is 13.2. The SMILES string of the molecule is CC(C)=C/C=C1\Cc2cc(-c3ccc4oc5ccccc5c4c3)ccc2O1. The van der Waals surface area contributed by atoms with Crippen molar-refractivity contribution < 1.29 is 9.15 Å². The number of allylic oxidation sites excluding steroid dienone is 4. The summed E-state index contributed by atoms with van der Waals surface area (Å²) >= 11 is 0. The van der Waals surface area contributed by atoms with Crippen LogP contribution in [0.15, 0.2) is 88.6 Å². The first-order valence-electron chi connectivity index (χ1n) is 9.24. The maximum atomic E-state index is 5.97. The van der Waals surface area contributed by atoms with Crippen LogP contribution in [0, 0.1) is 0 Å². The molecule has 0 unspecified atom stereocenters. The van der Waals surface area contributed by atoms with Crippen molar-refractivity contribution in [3.05, 3.63) is 89.7 Å². The summed E-state index contributed by atoms with van der Waals surface area (Å²) in [5.74, 6) is 1.96. The lowest BCUT2D eigenvalue weighted by Crippen LogP contribution is -1.86. The number of furan rings is 1. The van der Waals surface area contributed by atoms with Crippen LogP contribution in [0.25, 0.3) is 33.1 Å². The van der Waals surface area contributed by atoms with Gasteiger partial charge < -0.3 is 9.15 Å². The Hall–Kier alpha value is -3.26. The third kappa shape index (κ3) is 2.83. The fraction of sp³-hybridized carbons (Fsp3) is 0.120. The molecule has 2 nitrogen and oxygen atoms in total. The van der Waals surface area contributed by atoms with Crippen LogP contribution in [0.1, 0.15) is 19.4 Å². The Morgan fingerprint density at radius 3 is 2.52 bits per heavy atom. The zero-order chi connectivity index (χ0) is 18.4. The monoisotopic (exact) mass is 352 g/mol. The van der Waals surface area contributed by atoms with Crippen LogP contribution >= 0.6 is 0 Å². The van der Waals surface area contributed by atoms with Crippen molar-refractivity contribution in [2.24, 2.45) is 0 Å². The predicted molar refractivity (Wildman–Crippen MR) is 111 cm³/mol. The predicted octanol–water partition coefficient (Wildman–Crippen LogP) is 7.04. The van der Waals surface area contributed by atoms with Gasteiger partial charge in [-0.3, -0.25) is 0 Å². The van der Waals surface area contributed by atoms with E-state index in [4.69, 9.17) is 9.15 Å². The highest BCUT2D eigenvalue weighted by Crippen LogP contribution is 2.36. The standard InChI is InChI=1S/C25H20O2/c1-16(2)7-10-20-14-19-13-17(8-11-23(19)26-20)18-9-12-25-22(15-18)21-5-3-4-6-24(21)27-25/h3-13,15H,14H2,1-2H3/b20-10+. The first kappa shape index (κ1) is 16.0. The minimum Gasteiger partial charge on any atom is -0.461 e. The smallest absolute Gasteiger partial charge is 0.135 e. The maximum Gasteiger partial charge on any atom is 0.135 e. The molecule has 0 aliphatic carbocycles. The van der Waals surface area contributed by atoms with E-state index in [-0.39, 0.29) is 0 Å². The number of fused-ring (bicyclic) bond motifs is 4. The molecule has 0 amide bonds. The quantitative estimate of drug-likeness (QED) is 0.386. The first-order valence-corrected chi connectivity index (χ1v) is 9.24. The summed E-state index contributed by atoms with van der Waals surface area (Å²) in [5, 5.41) is 2.31. The second-order valence-electron chi connectivity index (χ2n) is 7.29. The van der Waals surface area contributed by atoms with Crippen molar-refractivity contribution >= 4 is 21.9 Å². The molecule has 4 aromatic rings. The lowest BCUT2D eigenvalue weighted by atomic mass is 10.00. The highest BCUT2D eigenvalue weighted by Gasteiger charge is 2.18. The van der Waals surface area contributed by atoms with Crippen LogP contribution in [-0.4, -0.2) is 0 Å². The Labute approximate surface area is 158 Å². The van der Waals surface area contributed by atoms with E-state index in [1.54, 1.807) is 0 Å². The summed E-state index contributed by atoms with van der Waals surface area (Å²) in [6.07, 6.45) is 5.00. The van der Waals surface area contributed by atoms with Gasteiger partial charge in [0.25, 0.3) is 0 Å². The minimum atomic E-state index is 0.837. The zero-order valence-electron chi connectivity index (χ0n) is 15.5. The minimum absolute atomic E-state index is 0.837.